The zero-order valence-electron chi connectivity index (χ0n) is 10.4. The molecule has 5 nitrogen and oxygen atoms in total. The summed E-state index contributed by atoms with van der Waals surface area (Å²) in [5.74, 6) is 0.206. The number of carbonyl (C=O) groups excluding carboxylic acids is 1. The molecule has 0 saturated carbocycles. The molecule has 1 rings (SSSR count). The van der Waals surface area contributed by atoms with Crippen molar-refractivity contribution in [3.63, 3.8) is 0 Å². The van der Waals surface area contributed by atoms with Crippen molar-refractivity contribution in [1.82, 2.24) is 10.3 Å². The van der Waals surface area contributed by atoms with E-state index >= 15 is 0 Å². The summed E-state index contributed by atoms with van der Waals surface area (Å²) in [5.41, 5.74) is 0.705. The topological polar surface area (TPSA) is 75.0 Å². The summed E-state index contributed by atoms with van der Waals surface area (Å²) in [7, 11) is 1.53. The number of aromatic nitrogens is 1. The van der Waals surface area contributed by atoms with Gasteiger partial charge in [0.25, 0.3) is 5.91 Å². The van der Waals surface area contributed by atoms with Gasteiger partial charge in [-0.25, -0.2) is 0 Å². The third-order valence-electron chi connectivity index (χ3n) is 2.18. The number of nitrogens with zero attached hydrogens (tertiary/aromatic N) is 2. The van der Waals surface area contributed by atoms with Gasteiger partial charge in [0.15, 0.2) is 0 Å². The van der Waals surface area contributed by atoms with Crippen LogP contribution in [0.2, 0.25) is 0 Å². The van der Waals surface area contributed by atoms with Crippen LogP contribution in [0.15, 0.2) is 24.0 Å². The largest absolute Gasteiger partial charge is 0.495 e. The second-order valence-electron chi connectivity index (χ2n) is 3.58. The highest BCUT2D eigenvalue weighted by Gasteiger charge is 2.08. The number of carbonyl (C=O) groups is 1. The van der Waals surface area contributed by atoms with E-state index in [9.17, 15) is 4.79 Å². The van der Waals surface area contributed by atoms with E-state index in [0.29, 0.717) is 17.9 Å². The lowest BCUT2D eigenvalue weighted by molar-refractivity contribution is -0.117. The Morgan fingerprint density at radius 3 is 3.00 bits per heavy atom. The molecule has 0 aliphatic rings. The summed E-state index contributed by atoms with van der Waals surface area (Å²) in [4.78, 5) is 15.6. The minimum Gasteiger partial charge on any atom is -0.495 e. The van der Waals surface area contributed by atoms with Crippen LogP contribution in [0, 0.1) is 11.3 Å². The first-order valence-electron chi connectivity index (χ1n) is 5.60. The molecule has 0 spiro atoms. The number of ether oxygens (including phenoxy) is 1. The fourth-order valence-corrected chi connectivity index (χ4v) is 1.28. The van der Waals surface area contributed by atoms with Crippen LogP contribution in [0.25, 0.3) is 6.08 Å². The Bertz CT molecular complexity index is 489. The Hall–Kier alpha value is -2.35. The van der Waals surface area contributed by atoms with E-state index in [1.807, 2.05) is 13.0 Å². The van der Waals surface area contributed by atoms with Gasteiger partial charge in [-0.1, -0.05) is 6.92 Å². The standard InChI is InChI=1S/C13H15N3O2/c1-3-4-16-13(17)11(7-14)5-10-6-12(18-2)9-15-8-10/h5-6,8-9H,3-4H2,1-2H3,(H,16,17)/b11-5+. The van der Waals surface area contributed by atoms with Crippen molar-refractivity contribution in [2.24, 2.45) is 0 Å². The van der Waals surface area contributed by atoms with Crippen LogP contribution in [-0.4, -0.2) is 24.5 Å². The third kappa shape index (κ3) is 3.91. The number of rotatable bonds is 5. The van der Waals surface area contributed by atoms with Gasteiger partial charge in [0, 0.05) is 12.7 Å². The first-order chi connectivity index (χ1) is 8.71. The maximum Gasteiger partial charge on any atom is 0.261 e. The molecular formula is C13H15N3O2. The minimum absolute atomic E-state index is 0.0542. The molecule has 5 heteroatoms. The normalized spacial score (nSPS) is 10.6. The Labute approximate surface area is 106 Å². The van der Waals surface area contributed by atoms with Gasteiger partial charge in [0.1, 0.15) is 17.4 Å². The molecule has 0 aliphatic heterocycles. The lowest BCUT2D eigenvalue weighted by Crippen LogP contribution is -2.25. The van der Waals surface area contributed by atoms with Gasteiger partial charge < -0.3 is 10.1 Å². The molecule has 1 heterocycles. The van der Waals surface area contributed by atoms with Crippen molar-refractivity contribution >= 4 is 12.0 Å². The molecular weight excluding hydrogens is 230 g/mol. The van der Waals surface area contributed by atoms with Crippen molar-refractivity contribution in [2.45, 2.75) is 13.3 Å². The second-order valence-corrected chi connectivity index (χ2v) is 3.58. The van der Waals surface area contributed by atoms with E-state index in [1.165, 1.54) is 13.2 Å². The molecule has 0 fully saturated rings. The van der Waals surface area contributed by atoms with Gasteiger partial charge in [0.2, 0.25) is 0 Å². The fraction of sp³-hybridized carbons (Fsp3) is 0.308. The number of hydrogen-bond donors (Lipinski definition) is 1. The molecule has 0 atom stereocenters. The second kappa shape index (κ2) is 7.07. The predicted octanol–water partition coefficient (Wildman–Crippen LogP) is 1.52. The van der Waals surface area contributed by atoms with E-state index in [1.54, 1.807) is 18.5 Å². The first kappa shape index (κ1) is 13.7. The highest BCUT2D eigenvalue weighted by Crippen LogP contribution is 2.13. The zero-order chi connectivity index (χ0) is 13.4. The molecule has 1 aromatic rings. The molecule has 0 radical (unpaired) electrons. The Morgan fingerprint density at radius 2 is 2.39 bits per heavy atom. The van der Waals surface area contributed by atoms with E-state index in [4.69, 9.17) is 10.00 Å². The Morgan fingerprint density at radius 1 is 1.61 bits per heavy atom. The third-order valence-corrected chi connectivity index (χ3v) is 2.18. The SMILES string of the molecule is CCCNC(=O)/C(C#N)=C/c1cncc(OC)c1. The molecule has 1 aromatic heterocycles. The highest BCUT2D eigenvalue weighted by molar-refractivity contribution is 6.01. The summed E-state index contributed by atoms with van der Waals surface area (Å²) in [5, 5.41) is 11.6. The molecule has 0 aliphatic carbocycles. The van der Waals surface area contributed by atoms with Crippen molar-refractivity contribution in [2.75, 3.05) is 13.7 Å². The Balaban J connectivity index is 2.90. The van der Waals surface area contributed by atoms with E-state index in [0.717, 1.165) is 6.42 Å². The van der Waals surface area contributed by atoms with Crippen LogP contribution in [0.5, 0.6) is 5.75 Å². The van der Waals surface area contributed by atoms with Crippen molar-refractivity contribution in [3.05, 3.63) is 29.6 Å². The zero-order valence-corrected chi connectivity index (χ0v) is 10.4. The smallest absolute Gasteiger partial charge is 0.261 e. The lowest BCUT2D eigenvalue weighted by atomic mass is 10.1. The Kier molecular flexibility index (Phi) is 5.39. The molecule has 0 unspecified atom stereocenters. The maximum atomic E-state index is 11.6. The quantitative estimate of drug-likeness (QED) is 0.630. The monoisotopic (exact) mass is 245 g/mol. The summed E-state index contributed by atoms with van der Waals surface area (Å²) < 4.78 is 5.02. The summed E-state index contributed by atoms with van der Waals surface area (Å²) >= 11 is 0. The summed E-state index contributed by atoms with van der Waals surface area (Å²) in [6.45, 7) is 2.50. The number of pyridine rings is 1. The number of methoxy groups -OCH3 is 1. The molecule has 1 amide bonds. The van der Waals surface area contributed by atoms with Gasteiger partial charge in [-0.15, -0.1) is 0 Å². The van der Waals surface area contributed by atoms with Crippen molar-refractivity contribution in [3.8, 4) is 11.8 Å². The van der Waals surface area contributed by atoms with Crippen molar-refractivity contribution in [1.29, 1.82) is 5.26 Å². The van der Waals surface area contributed by atoms with E-state index in [-0.39, 0.29) is 11.5 Å². The number of nitriles is 1. The van der Waals surface area contributed by atoms with E-state index in [2.05, 4.69) is 10.3 Å². The van der Waals surface area contributed by atoms with Gasteiger partial charge in [-0.2, -0.15) is 5.26 Å². The summed E-state index contributed by atoms with van der Waals surface area (Å²) in [6.07, 6.45) is 5.43. The molecule has 0 saturated heterocycles. The predicted molar refractivity (Wildman–Crippen MR) is 67.7 cm³/mol. The first-order valence-corrected chi connectivity index (χ1v) is 5.60. The van der Waals surface area contributed by atoms with Gasteiger partial charge in [-0.05, 0) is 24.1 Å². The van der Waals surface area contributed by atoms with Crippen LogP contribution >= 0.6 is 0 Å². The van der Waals surface area contributed by atoms with Crippen LogP contribution in [0.4, 0.5) is 0 Å². The molecule has 0 bridgehead atoms. The lowest BCUT2D eigenvalue weighted by Gasteiger charge is -2.02. The van der Waals surface area contributed by atoms with Crippen LogP contribution < -0.4 is 10.1 Å². The van der Waals surface area contributed by atoms with Gasteiger partial charge in [0.05, 0.1) is 13.3 Å². The minimum atomic E-state index is -0.373. The maximum absolute atomic E-state index is 11.6. The fourth-order valence-electron chi connectivity index (χ4n) is 1.28. The average Bonchev–Trinajstić information content (AvgIpc) is 2.42. The highest BCUT2D eigenvalue weighted by atomic mass is 16.5. The molecule has 18 heavy (non-hydrogen) atoms. The van der Waals surface area contributed by atoms with Gasteiger partial charge in [-0.3, -0.25) is 9.78 Å². The number of nitrogens with one attached hydrogen (secondary N) is 1. The molecule has 94 valence electrons. The van der Waals surface area contributed by atoms with Crippen LogP contribution in [-0.2, 0) is 4.79 Å². The molecule has 0 aromatic carbocycles. The van der Waals surface area contributed by atoms with Crippen LogP contribution in [0.3, 0.4) is 0 Å². The number of amides is 1. The summed E-state index contributed by atoms with van der Waals surface area (Å²) in [6, 6.07) is 3.58. The van der Waals surface area contributed by atoms with E-state index < -0.39 is 0 Å². The average molecular weight is 245 g/mol. The molecule has 1 N–H and O–H groups in total. The van der Waals surface area contributed by atoms with Gasteiger partial charge >= 0.3 is 0 Å². The van der Waals surface area contributed by atoms with Crippen LogP contribution in [0.1, 0.15) is 18.9 Å². The number of hydrogen-bond acceptors (Lipinski definition) is 4. The van der Waals surface area contributed by atoms with Crippen molar-refractivity contribution < 1.29 is 9.53 Å².